The van der Waals surface area contributed by atoms with Crippen LogP contribution in [0.25, 0.3) is 0 Å². The number of rotatable bonds is 0. The second kappa shape index (κ2) is 3.59. The van der Waals surface area contributed by atoms with Crippen LogP contribution in [-0.2, 0) is 4.79 Å². The van der Waals surface area contributed by atoms with Gasteiger partial charge in [-0.3, -0.25) is 4.79 Å². The number of nitrogens with two attached hydrogens (primary N) is 1. The van der Waals surface area contributed by atoms with Gasteiger partial charge < -0.3 is 5.73 Å². The van der Waals surface area contributed by atoms with Gasteiger partial charge in [0.05, 0.1) is 0 Å². The minimum atomic E-state index is 0.557. The highest BCUT2D eigenvalue weighted by Crippen LogP contribution is 2.11. The van der Waals surface area contributed by atoms with Gasteiger partial charge in [0.1, 0.15) is 0 Å². The molecule has 0 unspecified atom stereocenters. The number of anilines is 1. The Hall–Kier alpha value is -1.75. The molecule has 1 aromatic carbocycles. The number of hydrogen-bond acceptors (Lipinski definition) is 2. The first kappa shape index (κ1) is 8.35. The average Bonchev–Trinajstić information content (AvgIpc) is 2.07. The molecule has 0 aromatic heterocycles. The lowest BCUT2D eigenvalue weighted by Crippen LogP contribution is -1.90. The van der Waals surface area contributed by atoms with E-state index in [-0.39, 0.29) is 0 Å². The Kier molecular flexibility index (Phi) is 2.49. The van der Waals surface area contributed by atoms with E-state index in [0.717, 1.165) is 5.56 Å². The SMILES string of the molecule is Cc1ccc(N)c(C#CC=O)c1. The number of hydrogen-bond donors (Lipinski definition) is 1. The van der Waals surface area contributed by atoms with E-state index in [1.54, 1.807) is 6.07 Å². The fourth-order valence-corrected chi connectivity index (χ4v) is 0.886. The summed E-state index contributed by atoms with van der Waals surface area (Å²) in [6, 6.07) is 5.54. The molecule has 0 saturated heterocycles. The summed E-state index contributed by atoms with van der Waals surface area (Å²) in [5.41, 5.74) is 8.01. The van der Waals surface area contributed by atoms with Gasteiger partial charge in [-0.05, 0) is 30.5 Å². The number of aryl methyl sites for hydroxylation is 1. The van der Waals surface area contributed by atoms with E-state index in [0.29, 0.717) is 17.5 Å². The maximum atomic E-state index is 9.96. The quantitative estimate of drug-likeness (QED) is 0.350. The van der Waals surface area contributed by atoms with Crippen LogP contribution in [0.2, 0.25) is 0 Å². The molecule has 2 nitrogen and oxygen atoms in total. The molecule has 0 radical (unpaired) electrons. The highest BCUT2D eigenvalue weighted by molar-refractivity contribution is 5.75. The van der Waals surface area contributed by atoms with Crippen molar-refractivity contribution in [2.24, 2.45) is 0 Å². The summed E-state index contributed by atoms with van der Waals surface area (Å²) in [5, 5.41) is 0. The van der Waals surface area contributed by atoms with Crippen molar-refractivity contribution in [1.29, 1.82) is 0 Å². The lowest BCUT2D eigenvalue weighted by molar-refractivity contribution is -0.103. The smallest absolute Gasteiger partial charge is 0.193 e. The van der Waals surface area contributed by atoms with Gasteiger partial charge in [-0.2, -0.15) is 0 Å². The first-order valence-corrected chi connectivity index (χ1v) is 3.55. The van der Waals surface area contributed by atoms with Gasteiger partial charge in [-0.15, -0.1) is 0 Å². The van der Waals surface area contributed by atoms with Crippen LogP contribution in [0, 0.1) is 18.8 Å². The Bertz CT molecular complexity index is 358. The predicted octanol–water partition coefficient (Wildman–Crippen LogP) is 1.13. The molecule has 0 atom stereocenters. The molecule has 12 heavy (non-hydrogen) atoms. The Morgan fingerprint density at radius 3 is 2.92 bits per heavy atom. The third kappa shape index (κ3) is 1.86. The summed E-state index contributed by atoms with van der Waals surface area (Å²) in [5.74, 6) is 4.98. The topological polar surface area (TPSA) is 43.1 Å². The van der Waals surface area contributed by atoms with Crippen molar-refractivity contribution < 1.29 is 4.79 Å². The fraction of sp³-hybridized carbons (Fsp3) is 0.100. The van der Waals surface area contributed by atoms with Crippen LogP contribution >= 0.6 is 0 Å². The highest BCUT2D eigenvalue weighted by Gasteiger charge is 1.93. The molecule has 0 heterocycles. The summed E-state index contributed by atoms with van der Waals surface area (Å²) >= 11 is 0. The zero-order valence-corrected chi connectivity index (χ0v) is 6.79. The zero-order chi connectivity index (χ0) is 8.97. The van der Waals surface area contributed by atoms with Crippen molar-refractivity contribution in [3.8, 4) is 11.8 Å². The van der Waals surface area contributed by atoms with Crippen molar-refractivity contribution in [2.75, 3.05) is 5.73 Å². The van der Waals surface area contributed by atoms with Crippen LogP contribution < -0.4 is 5.73 Å². The van der Waals surface area contributed by atoms with Gasteiger partial charge in [0, 0.05) is 11.3 Å². The fourth-order valence-electron chi connectivity index (χ4n) is 0.886. The van der Waals surface area contributed by atoms with Crippen LogP contribution in [0.5, 0.6) is 0 Å². The molecular formula is C10H9NO. The Morgan fingerprint density at radius 1 is 1.50 bits per heavy atom. The van der Waals surface area contributed by atoms with Gasteiger partial charge in [0.25, 0.3) is 0 Å². The van der Waals surface area contributed by atoms with Crippen LogP contribution in [0.4, 0.5) is 5.69 Å². The van der Waals surface area contributed by atoms with Gasteiger partial charge in [0.2, 0.25) is 0 Å². The molecule has 2 N–H and O–H groups in total. The van der Waals surface area contributed by atoms with Crippen molar-refractivity contribution in [3.05, 3.63) is 29.3 Å². The number of benzene rings is 1. The van der Waals surface area contributed by atoms with Crippen LogP contribution in [0.15, 0.2) is 18.2 Å². The summed E-state index contributed by atoms with van der Waals surface area (Å²) in [6.07, 6.45) is 0.557. The Balaban J connectivity index is 3.13. The summed E-state index contributed by atoms with van der Waals surface area (Å²) in [6.45, 7) is 1.95. The minimum Gasteiger partial charge on any atom is -0.398 e. The van der Waals surface area contributed by atoms with Gasteiger partial charge in [0.15, 0.2) is 6.29 Å². The summed E-state index contributed by atoms with van der Waals surface area (Å²) in [7, 11) is 0. The number of nitrogen functional groups attached to an aromatic ring is 1. The van der Waals surface area contributed by atoms with E-state index >= 15 is 0 Å². The van der Waals surface area contributed by atoms with Gasteiger partial charge in [-0.25, -0.2) is 0 Å². The van der Waals surface area contributed by atoms with Crippen LogP contribution in [0.1, 0.15) is 11.1 Å². The molecule has 60 valence electrons. The van der Waals surface area contributed by atoms with Gasteiger partial charge >= 0.3 is 0 Å². The maximum absolute atomic E-state index is 9.96. The second-order valence-corrected chi connectivity index (χ2v) is 2.48. The second-order valence-electron chi connectivity index (χ2n) is 2.48. The monoisotopic (exact) mass is 159 g/mol. The molecular weight excluding hydrogens is 150 g/mol. The number of carbonyl (C=O) groups is 1. The van der Waals surface area contributed by atoms with E-state index in [1.165, 1.54) is 0 Å². The molecule has 0 bridgehead atoms. The van der Waals surface area contributed by atoms with Crippen molar-refractivity contribution in [1.82, 2.24) is 0 Å². The van der Waals surface area contributed by atoms with E-state index in [2.05, 4.69) is 11.8 Å². The Labute approximate surface area is 71.4 Å². The molecule has 0 saturated carbocycles. The third-order valence-electron chi connectivity index (χ3n) is 1.47. The first-order valence-electron chi connectivity index (χ1n) is 3.55. The van der Waals surface area contributed by atoms with Crippen LogP contribution in [-0.4, -0.2) is 6.29 Å². The molecule has 1 rings (SSSR count). The molecule has 1 aromatic rings. The average molecular weight is 159 g/mol. The molecule has 0 aliphatic rings. The highest BCUT2D eigenvalue weighted by atomic mass is 16.1. The Morgan fingerprint density at radius 2 is 2.25 bits per heavy atom. The number of aldehydes is 1. The molecule has 0 amide bonds. The first-order chi connectivity index (χ1) is 5.74. The zero-order valence-electron chi connectivity index (χ0n) is 6.79. The number of carbonyl (C=O) groups excluding carboxylic acids is 1. The lowest BCUT2D eigenvalue weighted by atomic mass is 10.1. The normalized spacial score (nSPS) is 8.42. The predicted molar refractivity (Wildman–Crippen MR) is 48.5 cm³/mol. The van der Waals surface area contributed by atoms with Crippen molar-refractivity contribution >= 4 is 12.0 Å². The lowest BCUT2D eigenvalue weighted by Gasteiger charge is -1.98. The molecule has 2 heteroatoms. The summed E-state index contributed by atoms with van der Waals surface area (Å²) in [4.78, 5) is 9.96. The molecule has 0 aliphatic carbocycles. The van der Waals surface area contributed by atoms with E-state index in [1.807, 2.05) is 19.1 Å². The van der Waals surface area contributed by atoms with E-state index < -0.39 is 0 Å². The summed E-state index contributed by atoms with van der Waals surface area (Å²) < 4.78 is 0. The van der Waals surface area contributed by atoms with Crippen molar-refractivity contribution in [2.45, 2.75) is 6.92 Å². The van der Waals surface area contributed by atoms with E-state index in [9.17, 15) is 4.79 Å². The van der Waals surface area contributed by atoms with E-state index in [4.69, 9.17) is 5.73 Å². The molecule has 0 spiro atoms. The van der Waals surface area contributed by atoms with Crippen molar-refractivity contribution in [3.63, 3.8) is 0 Å². The minimum absolute atomic E-state index is 0.557. The largest absolute Gasteiger partial charge is 0.398 e. The van der Waals surface area contributed by atoms with Crippen LogP contribution in [0.3, 0.4) is 0 Å². The van der Waals surface area contributed by atoms with Gasteiger partial charge in [-0.1, -0.05) is 12.0 Å². The molecule has 0 fully saturated rings. The third-order valence-corrected chi connectivity index (χ3v) is 1.47. The standard InChI is InChI=1S/C10H9NO/c1-8-4-5-10(11)9(7-8)3-2-6-12/h4-7H,11H2,1H3. The maximum Gasteiger partial charge on any atom is 0.193 e. The molecule has 0 aliphatic heterocycles.